The van der Waals surface area contributed by atoms with Gasteiger partial charge >= 0.3 is 0 Å². The van der Waals surface area contributed by atoms with Crippen LogP contribution < -0.4 is 10.3 Å². The number of hydrogen-bond acceptors (Lipinski definition) is 5. The predicted octanol–water partition coefficient (Wildman–Crippen LogP) is 2.35. The van der Waals surface area contributed by atoms with E-state index in [1.165, 1.54) is 18.4 Å². The SMILES string of the molecule is Cn1ccc(CN2CCC(COc3cc4c(nn3)CCCC4)CC2)cc1=O. The smallest absolute Gasteiger partial charge is 0.250 e. The molecule has 0 N–H and O–H groups in total. The second-order valence-corrected chi connectivity index (χ2v) is 7.88. The van der Waals surface area contributed by atoms with Crippen LogP contribution in [0.25, 0.3) is 0 Å². The molecule has 2 aromatic rings. The second-order valence-electron chi connectivity index (χ2n) is 7.88. The van der Waals surface area contributed by atoms with Crippen LogP contribution in [0.3, 0.4) is 0 Å². The second kappa shape index (κ2) is 8.21. The maximum Gasteiger partial charge on any atom is 0.250 e. The number of rotatable bonds is 5. The van der Waals surface area contributed by atoms with Gasteiger partial charge in [0, 0.05) is 31.9 Å². The fourth-order valence-electron chi connectivity index (χ4n) is 4.00. The molecule has 0 spiro atoms. The first-order valence-corrected chi connectivity index (χ1v) is 10.0. The minimum absolute atomic E-state index is 0.0574. The lowest BCUT2D eigenvalue weighted by atomic mass is 9.97. The molecule has 0 saturated carbocycles. The Morgan fingerprint density at radius 1 is 1.15 bits per heavy atom. The molecule has 6 nitrogen and oxygen atoms in total. The predicted molar refractivity (Wildman–Crippen MR) is 104 cm³/mol. The van der Waals surface area contributed by atoms with Crippen molar-refractivity contribution < 1.29 is 4.74 Å². The fraction of sp³-hybridized carbons (Fsp3) is 0.571. The van der Waals surface area contributed by atoms with Crippen LogP contribution in [0, 0.1) is 5.92 Å². The highest BCUT2D eigenvalue weighted by Gasteiger charge is 2.21. The van der Waals surface area contributed by atoms with Gasteiger partial charge < -0.3 is 9.30 Å². The molecule has 0 bridgehead atoms. The van der Waals surface area contributed by atoms with Crippen molar-refractivity contribution in [3.05, 3.63) is 51.6 Å². The molecule has 0 radical (unpaired) electrons. The van der Waals surface area contributed by atoms with Gasteiger partial charge in [-0.05, 0) is 74.7 Å². The van der Waals surface area contributed by atoms with Crippen LogP contribution in [0.15, 0.2) is 29.2 Å². The zero-order valence-electron chi connectivity index (χ0n) is 16.1. The van der Waals surface area contributed by atoms with Gasteiger partial charge in [0.25, 0.3) is 5.56 Å². The van der Waals surface area contributed by atoms with E-state index in [1.807, 2.05) is 12.3 Å². The van der Waals surface area contributed by atoms with Crippen molar-refractivity contribution in [2.24, 2.45) is 13.0 Å². The Morgan fingerprint density at radius 2 is 1.96 bits per heavy atom. The number of likely N-dealkylation sites (tertiary alicyclic amines) is 1. The van der Waals surface area contributed by atoms with Gasteiger partial charge in [0.05, 0.1) is 12.3 Å². The zero-order chi connectivity index (χ0) is 18.6. The standard InChI is InChI=1S/C21H28N4O2/c1-24-9-6-17(12-21(24)26)14-25-10-7-16(8-11-25)15-27-20-13-18-4-2-3-5-19(18)22-23-20/h6,9,12-13,16H,2-5,7-8,10-11,14-15H2,1H3. The summed E-state index contributed by atoms with van der Waals surface area (Å²) < 4.78 is 7.57. The van der Waals surface area contributed by atoms with Crippen molar-refractivity contribution in [1.29, 1.82) is 0 Å². The summed E-state index contributed by atoms with van der Waals surface area (Å²) in [5.74, 6) is 1.24. The molecule has 4 rings (SSSR count). The lowest BCUT2D eigenvalue weighted by molar-refractivity contribution is 0.134. The van der Waals surface area contributed by atoms with Crippen LogP contribution >= 0.6 is 0 Å². The third-order valence-corrected chi connectivity index (χ3v) is 5.80. The van der Waals surface area contributed by atoms with E-state index < -0.39 is 0 Å². The molecule has 1 saturated heterocycles. The Balaban J connectivity index is 1.25. The van der Waals surface area contributed by atoms with Gasteiger partial charge in [0.1, 0.15) is 0 Å². The first-order valence-electron chi connectivity index (χ1n) is 10.0. The van der Waals surface area contributed by atoms with E-state index in [2.05, 4.69) is 21.2 Å². The van der Waals surface area contributed by atoms with E-state index in [0.717, 1.165) is 56.6 Å². The topological polar surface area (TPSA) is 60.2 Å². The minimum atomic E-state index is 0.0574. The van der Waals surface area contributed by atoms with Crippen LogP contribution in [0.5, 0.6) is 5.88 Å². The highest BCUT2D eigenvalue weighted by Crippen LogP contribution is 2.23. The molecule has 0 unspecified atom stereocenters. The highest BCUT2D eigenvalue weighted by molar-refractivity contribution is 5.26. The average Bonchev–Trinajstić information content (AvgIpc) is 2.70. The Bertz CT molecular complexity index is 840. The summed E-state index contributed by atoms with van der Waals surface area (Å²) in [4.78, 5) is 14.2. The third kappa shape index (κ3) is 4.56. The number of piperidine rings is 1. The summed E-state index contributed by atoms with van der Waals surface area (Å²) in [6.07, 6.45) is 8.68. The summed E-state index contributed by atoms with van der Waals surface area (Å²) in [6.45, 7) is 3.64. The van der Waals surface area contributed by atoms with Crippen molar-refractivity contribution in [2.75, 3.05) is 19.7 Å². The Kier molecular flexibility index (Phi) is 5.53. The minimum Gasteiger partial charge on any atom is -0.476 e. The normalized spacial score (nSPS) is 18.3. The molecule has 144 valence electrons. The van der Waals surface area contributed by atoms with Crippen molar-refractivity contribution >= 4 is 0 Å². The van der Waals surface area contributed by atoms with Gasteiger partial charge in [-0.3, -0.25) is 9.69 Å². The number of nitrogens with zero attached hydrogens (tertiary/aromatic N) is 4. The molecule has 1 aliphatic carbocycles. The van der Waals surface area contributed by atoms with E-state index in [9.17, 15) is 4.79 Å². The molecule has 2 aliphatic rings. The number of fused-ring (bicyclic) bond motifs is 1. The van der Waals surface area contributed by atoms with Crippen molar-refractivity contribution in [2.45, 2.75) is 45.1 Å². The zero-order valence-corrected chi connectivity index (χ0v) is 16.1. The van der Waals surface area contributed by atoms with Gasteiger partial charge in [-0.25, -0.2) is 0 Å². The summed E-state index contributed by atoms with van der Waals surface area (Å²) >= 11 is 0. The molecule has 1 aliphatic heterocycles. The monoisotopic (exact) mass is 368 g/mol. The van der Waals surface area contributed by atoms with Gasteiger partial charge in [-0.2, -0.15) is 5.10 Å². The molecule has 6 heteroatoms. The Morgan fingerprint density at radius 3 is 2.78 bits per heavy atom. The quantitative estimate of drug-likeness (QED) is 0.811. The maximum atomic E-state index is 11.8. The number of pyridine rings is 1. The lowest BCUT2D eigenvalue weighted by Gasteiger charge is -2.31. The molecular weight excluding hydrogens is 340 g/mol. The summed E-state index contributed by atoms with van der Waals surface area (Å²) in [5.41, 5.74) is 3.62. The van der Waals surface area contributed by atoms with Gasteiger partial charge in [-0.1, -0.05) is 0 Å². The van der Waals surface area contributed by atoms with Gasteiger partial charge in [0.15, 0.2) is 0 Å². The Labute approximate surface area is 160 Å². The molecular formula is C21H28N4O2. The fourth-order valence-corrected chi connectivity index (χ4v) is 4.00. The van der Waals surface area contributed by atoms with Crippen LogP contribution in [0.1, 0.15) is 42.5 Å². The van der Waals surface area contributed by atoms with E-state index in [1.54, 1.807) is 17.7 Å². The first-order chi connectivity index (χ1) is 13.2. The third-order valence-electron chi connectivity index (χ3n) is 5.80. The molecule has 2 aromatic heterocycles. The molecule has 1 fully saturated rings. The van der Waals surface area contributed by atoms with Crippen molar-refractivity contribution in [1.82, 2.24) is 19.7 Å². The summed E-state index contributed by atoms with van der Waals surface area (Å²) in [5, 5.41) is 8.59. The lowest BCUT2D eigenvalue weighted by Crippen LogP contribution is -2.35. The van der Waals surface area contributed by atoms with Crippen molar-refractivity contribution in [3.8, 4) is 5.88 Å². The molecule has 0 aromatic carbocycles. The summed E-state index contributed by atoms with van der Waals surface area (Å²) in [7, 11) is 1.78. The van der Waals surface area contributed by atoms with Crippen LogP contribution in [0.4, 0.5) is 0 Å². The van der Waals surface area contributed by atoms with E-state index in [0.29, 0.717) is 18.4 Å². The number of aryl methyl sites for hydroxylation is 3. The van der Waals surface area contributed by atoms with Gasteiger partial charge in [-0.15, -0.1) is 5.10 Å². The number of ether oxygens (including phenoxy) is 1. The largest absolute Gasteiger partial charge is 0.476 e. The first kappa shape index (κ1) is 18.2. The highest BCUT2D eigenvalue weighted by atomic mass is 16.5. The summed E-state index contributed by atoms with van der Waals surface area (Å²) in [6, 6.07) is 5.86. The van der Waals surface area contributed by atoms with E-state index >= 15 is 0 Å². The average molecular weight is 368 g/mol. The van der Waals surface area contributed by atoms with Crippen LogP contribution in [-0.4, -0.2) is 39.4 Å². The number of aromatic nitrogens is 3. The maximum absolute atomic E-state index is 11.8. The number of hydrogen-bond donors (Lipinski definition) is 0. The van der Waals surface area contributed by atoms with E-state index in [-0.39, 0.29) is 5.56 Å². The van der Waals surface area contributed by atoms with Crippen LogP contribution in [0.2, 0.25) is 0 Å². The van der Waals surface area contributed by atoms with Crippen molar-refractivity contribution in [3.63, 3.8) is 0 Å². The van der Waals surface area contributed by atoms with Gasteiger partial charge in [0.2, 0.25) is 5.88 Å². The molecule has 27 heavy (non-hydrogen) atoms. The van der Waals surface area contributed by atoms with Crippen LogP contribution in [-0.2, 0) is 26.4 Å². The molecule has 0 amide bonds. The Hall–Kier alpha value is -2.21. The van der Waals surface area contributed by atoms with E-state index in [4.69, 9.17) is 4.74 Å². The molecule has 3 heterocycles. The molecule has 0 atom stereocenters.